The lowest BCUT2D eigenvalue weighted by atomic mass is 10.2. The molecule has 1 fully saturated rings. The standard InChI is InChI=1S/C19H26N4O2S/c1-12(2)23-18(15-7-9-16(25-4)10-8-15)21-22-19(23)26-11-17(24)20-13(3)14-5-6-14/h7-10,12-14H,5-6,11H2,1-4H3,(H,20,24)/t13-/m1/s1. The molecule has 0 bridgehead atoms. The Morgan fingerprint density at radius 2 is 1.96 bits per heavy atom. The van der Waals surface area contributed by atoms with E-state index < -0.39 is 0 Å². The molecule has 0 saturated heterocycles. The molecule has 1 heterocycles. The molecule has 0 spiro atoms. The number of benzene rings is 1. The van der Waals surface area contributed by atoms with E-state index >= 15 is 0 Å². The van der Waals surface area contributed by atoms with Crippen molar-refractivity contribution in [1.29, 1.82) is 0 Å². The maximum atomic E-state index is 12.2. The Labute approximate surface area is 158 Å². The van der Waals surface area contributed by atoms with E-state index in [1.54, 1.807) is 7.11 Å². The normalized spacial score (nSPS) is 15.1. The third-order valence-corrected chi connectivity index (χ3v) is 5.52. The van der Waals surface area contributed by atoms with E-state index in [0.29, 0.717) is 11.7 Å². The van der Waals surface area contributed by atoms with Crippen molar-refractivity contribution in [3.63, 3.8) is 0 Å². The van der Waals surface area contributed by atoms with Crippen LogP contribution in [0.3, 0.4) is 0 Å². The van der Waals surface area contributed by atoms with Gasteiger partial charge in [-0.2, -0.15) is 0 Å². The number of amides is 1. The van der Waals surface area contributed by atoms with Crippen molar-refractivity contribution >= 4 is 17.7 Å². The molecule has 1 aliphatic rings. The molecule has 6 nitrogen and oxygen atoms in total. The maximum absolute atomic E-state index is 12.2. The average Bonchev–Trinajstić information content (AvgIpc) is 3.39. The summed E-state index contributed by atoms with van der Waals surface area (Å²) in [6, 6.07) is 8.22. The van der Waals surface area contributed by atoms with Gasteiger partial charge in [-0.1, -0.05) is 11.8 Å². The van der Waals surface area contributed by atoms with E-state index in [1.807, 2.05) is 24.3 Å². The van der Waals surface area contributed by atoms with E-state index in [2.05, 4.69) is 40.9 Å². The van der Waals surface area contributed by atoms with Crippen LogP contribution in [0.2, 0.25) is 0 Å². The summed E-state index contributed by atoms with van der Waals surface area (Å²) in [6.07, 6.45) is 2.45. The van der Waals surface area contributed by atoms with Gasteiger partial charge in [-0.3, -0.25) is 9.36 Å². The van der Waals surface area contributed by atoms with Gasteiger partial charge < -0.3 is 10.1 Å². The van der Waals surface area contributed by atoms with Crippen molar-refractivity contribution in [2.45, 2.75) is 50.9 Å². The number of rotatable bonds is 8. The second-order valence-corrected chi connectivity index (χ2v) is 7.92. The van der Waals surface area contributed by atoms with Crippen molar-refractivity contribution in [3.8, 4) is 17.1 Å². The lowest BCUT2D eigenvalue weighted by Crippen LogP contribution is -2.35. The molecule has 0 radical (unpaired) electrons. The zero-order valence-electron chi connectivity index (χ0n) is 15.7. The predicted molar refractivity (Wildman–Crippen MR) is 103 cm³/mol. The van der Waals surface area contributed by atoms with Crippen LogP contribution in [-0.2, 0) is 4.79 Å². The molecule has 140 valence electrons. The van der Waals surface area contributed by atoms with Gasteiger partial charge in [0.05, 0.1) is 12.9 Å². The molecule has 1 atom stereocenters. The zero-order chi connectivity index (χ0) is 18.7. The van der Waals surface area contributed by atoms with Gasteiger partial charge in [-0.25, -0.2) is 0 Å². The molecule has 3 rings (SSSR count). The van der Waals surface area contributed by atoms with E-state index in [9.17, 15) is 4.79 Å². The highest BCUT2D eigenvalue weighted by atomic mass is 32.2. The van der Waals surface area contributed by atoms with Crippen molar-refractivity contribution in [1.82, 2.24) is 20.1 Å². The molecule has 1 aromatic heterocycles. The summed E-state index contributed by atoms with van der Waals surface area (Å²) in [4.78, 5) is 12.2. The lowest BCUT2D eigenvalue weighted by molar-refractivity contribution is -0.119. The number of methoxy groups -OCH3 is 1. The minimum atomic E-state index is 0.0544. The Morgan fingerprint density at radius 3 is 2.54 bits per heavy atom. The monoisotopic (exact) mass is 374 g/mol. The van der Waals surface area contributed by atoms with Gasteiger partial charge in [0, 0.05) is 17.6 Å². The summed E-state index contributed by atoms with van der Waals surface area (Å²) in [7, 11) is 1.65. The van der Waals surface area contributed by atoms with Crippen LogP contribution in [0, 0.1) is 5.92 Å². The summed E-state index contributed by atoms with van der Waals surface area (Å²) in [5.74, 6) is 2.67. The minimum Gasteiger partial charge on any atom is -0.497 e. The van der Waals surface area contributed by atoms with Gasteiger partial charge >= 0.3 is 0 Å². The fraction of sp³-hybridized carbons (Fsp3) is 0.526. The molecule has 26 heavy (non-hydrogen) atoms. The summed E-state index contributed by atoms with van der Waals surface area (Å²) in [5, 5.41) is 12.5. The number of carbonyl (C=O) groups excluding carboxylic acids is 1. The molecule has 7 heteroatoms. The number of aromatic nitrogens is 3. The van der Waals surface area contributed by atoms with Crippen molar-refractivity contribution in [2.75, 3.05) is 12.9 Å². The molecule has 1 N–H and O–H groups in total. The number of carbonyl (C=O) groups is 1. The van der Waals surface area contributed by atoms with Crippen LogP contribution in [0.25, 0.3) is 11.4 Å². The third kappa shape index (κ3) is 4.38. The molecular formula is C19H26N4O2S. The quantitative estimate of drug-likeness (QED) is 0.716. The van der Waals surface area contributed by atoms with E-state index in [-0.39, 0.29) is 18.0 Å². The number of ether oxygens (including phenoxy) is 1. The Bertz CT molecular complexity index is 753. The van der Waals surface area contributed by atoms with Crippen LogP contribution in [-0.4, -0.2) is 39.6 Å². The highest BCUT2D eigenvalue weighted by Gasteiger charge is 2.29. The second-order valence-electron chi connectivity index (χ2n) is 6.98. The van der Waals surface area contributed by atoms with E-state index in [1.165, 1.54) is 24.6 Å². The lowest BCUT2D eigenvalue weighted by Gasteiger charge is -2.15. The van der Waals surface area contributed by atoms with Crippen LogP contribution in [0.5, 0.6) is 5.75 Å². The number of hydrogen-bond donors (Lipinski definition) is 1. The van der Waals surface area contributed by atoms with Gasteiger partial charge in [0.25, 0.3) is 0 Å². The van der Waals surface area contributed by atoms with E-state index in [4.69, 9.17) is 4.74 Å². The van der Waals surface area contributed by atoms with E-state index in [0.717, 1.165) is 22.3 Å². The SMILES string of the molecule is COc1ccc(-c2nnc(SCC(=O)N[C@H](C)C3CC3)n2C(C)C)cc1. The number of nitrogens with zero attached hydrogens (tertiary/aromatic N) is 3. The maximum Gasteiger partial charge on any atom is 0.230 e. The fourth-order valence-corrected chi connectivity index (χ4v) is 3.80. The van der Waals surface area contributed by atoms with Crippen LogP contribution in [0.1, 0.15) is 39.7 Å². The smallest absolute Gasteiger partial charge is 0.230 e. The van der Waals surface area contributed by atoms with Gasteiger partial charge in [0.15, 0.2) is 11.0 Å². The first-order valence-corrected chi connectivity index (χ1v) is 9.99. The number of hydrogen-bond acceptors (Lipinski definition) is 5. The number of thioether (sulfide) groups is 1. The predicted octanol–water partition coefficient (Wildman–Crippen LogP) is 3.54. The summed E-state index contributed by atoms with van der Waals surface area (Å²) < 4.78 is 7.29. The van der Waals surface area contributed by atoms with Gasteiger partial charge in [0.2, 0.25) is 5.91 Å². The van der Waals surface area contributed by atoms with Crippen LogP contribution < -0.4 is 10.1 Å². The second kappa shape index (κ2) is 8.12. The average molecular weight is 375 g/mol. The molecule has 1 aromatic carbocycles. The van der Waals surface area contributed by atoms with Crippen LogP contribution >= 0.6 is 11.8 Å². The molecule has 2 aromatic rings. The first-order chi connectivity index (χ1) is 12.5. The molecular weight excluding hydrogens is 348 g/mol. The first kappa shape index (κ1) is 18.8. The van der Waals surface area contributed by atoms with Gasteiger partial charge in [-0.15, -0.1) is 10.2 Å². The zero-order valence-corrected chi connectivity index (χ0v) is 16.5. The van der Waals surface area contributed by atoms with Crippen molar-refractivity contribution < 1.29 is 9.53 Å². The van der Waals surface area contributed by atoms with Crippen LogP contribution in [0.4, 0.5) is 0 Å². The first-order valence-electron chi connectivity index (χ1n) is 9.01. The molecule has 0 aliphatic heterocycles. The summed E-state index contributed by atoms with van der Waals surface area (Å²) in [5.41, 5.74) is 0.977. The Hall–Kier alpha value is -2.02. The summed E-state index contributed by atoms with van der Waals surface area (Å²) in [6.45, 7) is 6.27. The topological polar surface area (TPSA) is 69.0 Å². The molecule has 1 saturated carbocycles. The van der Waals surface area contributed by atoms with Crippen molar-refractivity contribution in [3.05, 3.63) is 24.3 Å². The van der Waals surface area contributed by atoms with Crippen LogP contribution in [0.15, 0.2) is 29.4 Å². The highest BCUT2D eigenvalue weighted by molar-refractivity contribution is 7.99. The fourth-order valence-electron chi connectivity index (χ4n) is 2.92. The summed E-state index contributed by atoms with van der Waals surface area (Å²) >= 11 is 1.43. The minimum absolute atomic E-state index is 0.0544. The Kier molecular flexibility index (Phi) is 5.86. The highest BCUT2D eigenvalue weighted by Crippen LogP contribution is 2.32. The molecule has 0 unspecified atom stereocenters. The Morgan fingerprint density at radius 1 is 1.27 bits per heavy atom. The van der Waals surface area contributed by atoms with Gasteiger partial charge in [-0.05, 0) is 63.8 Å². The van der Waals surface area contributed by atoms with Crippen molar-refractivity contribution in [2.24, 2.45) is 5.92 Å². The number of nitrogens with one attached hydrogen (secondary N) is 1. The largest absolute Gasteiger partial charge is 0.497 e. The molecule has 1 amide bonds. The van der Waals surface area contributed by atoms with Gasteiger partial charge in [0.1, 0.15) is 5.75 Å². The molecule has 1 aliphatic carbocycles. The third-order valence-electron chi connectivity index (χ3n) is 4.58. The Balaban J connectivity index is 1.71.